The molecule has 0 radical (unpaired) electrons. The molecule has 0 aliphatic heterocycles. The molecule has 0 bridgehead atoms. The van der Waals surface area contributed by atoms with Gasteiger partial charge in [0.2, 0.25) is 0 Å². The van der Waals surface area contributed by atoms with Crippen LogP contribution < -0.4 is 11.3 Å². The number of aliphatic carboxylic acids is 1. The first kappa shape index (κ1) is 31.0. The van der Waals surface area contributed by atoms with Crippen LogP contribution in [0.5, 0.6) is 0 Å². The van der Waals surface area contributed by atoms with Gasteiger partial charge in [-0.3, -0.25) is 19.0 Å². The zero-order valence-electron chi connectivity index (χ0n) is 24.2. The predicted octanol–water partition coefficient (Wildman–Crippen LogP) is 3.89. The van der Waals surface area contributed by atoms with Crippen molar-refractivity contribution in [3.8, 4) is 11.3 Å². The van der Waals surface area contributed by atoms with Crippen molar-refractivity contribution in [2.45, 2.75) is 59.7 Å². The molecule has 218 valence electrons. The van der Waals surface area contributed by atoms with Crippen LogP contribution in [0.25, 0.3) is 33.2 Å². The van der Waals surface area contributed by atoms with Crippen LogP contribution in [-0.2, 0) is 32.2 Å². The first-order valence-corrected chi connectivity index (χ1v) is 13.1. The third-order valence-corrected chi connectivity index (χ3v) is 5.97. The number of nitrogens with zero attached hydrogens (tertiary/aromatic N) is 3. The van der Waals surface area contributed by atoms with Crippen LogP contribution in [-0.4, -0.2) is 56.4 Å². The molecule has 0 spiro atoms. The fourth-order valence-corrected chi connectivity index (χ4v) is 4.37. The lowest BCUT2D eigenvalue weighted by Crippen LogP contribution is -2.31. The van der Waals surface area contributed by atoms with Gasteiger partial charge < -0.3 is 24.9 Å². The highest BCUT2D eigenvalue weighted by Crippen LogP contribution is 2.30. The average molecular weight is 565 g/mol. The maximum atomic E-state index is 13.9. The number of carbonyl (C=O) groups excluding carboxylic acids is 2. The van der Waals surface area contributed by atoms with Gasteiger partial charge in [0.25, 0.3) is 11.5 Å². The van der Waals surface area contributed by atoms with E-state index in [0.717, 1.165) is 24.4 Å². The summed E-state index contributed by atoms with van der Waals surface area (Å²) in [5, 5.41) is 8.10. The van der Waals surface area contributed by atoms with E-state index in [1.807, 2.05) is 35.9 Å². The molecule has 4 aromatic rings. The topological polar surface area (TPSA) is 156 Å². The molecule has 0 unspecified atom stereocenters. The summed E-state index contributed by atoms with van der Waals surface area (Å²) in [5.41, 5.74) is 8.64. The molecule has 2 aromatic heterocycles. The molecule has 0 saturated carbocycles. The normalized spacial score (nSPS) is 11.2. The molecular formula is C30H36N4O7. The molecular weight excluding hydrogens is 528 g/mol. The molecule has 4 rings (SSSR count). The van der Waals surface area contributed by atoms with Gasteiger partial charge >= 0.3 is 11.9 Å². The van der Waals surface area contributed by atoms with Crippen molar-refractivity contribution in [1.82, 2.24) is 14.1 Å². The lowest BCUT2D eigenvalue weighted by molar-refractivity contribution is -0.155. The third kappa shape index (κ3) is 7.57. The van der Waals surface area contributed by atoms with Crippen LogP contribution in [0.4, 0.5) is 0 Å². The van der Waals surface area contributed by atoms with Crippen molar-refractivity contribution in [1.29, 1.82) is 0 Å². The Morgan fingerprint density at radius 1 is 1.07 bits per heavy atom. The van der Waals surface area contributed by atoms with E-state index in [-0.39, 0.29) is 12.2 Å². The van der Waals surface area contributed by atoms with Gasteiger partial charge in [-0.05, 0) is 76.6 Å². The van der Waals surface area contributed by atoms with Gasteiger partial charge in [0.15, 0.2) is 0 Å². The second-order valence-electron chi connectivity index (χ2n) is 10.6. The zero-order valence-corrected chi connectivity index (χ0v) is 24.2. The number of carbonyl (C=O) groups is 3. The lowest BCUT2D eigenvalue weighted by Gasteiger charge is -2.20. The van der Waals surface area contributed by atoms with Crippen LogP contribution in [0.2, 0.25) is 0 Å². The minimum Gasteiger partial charge on any atom is -0.481 e. The number of carboxylic acid groups (broad SMARTS) is 1. The number of hydrogen-bond donors (Lipinski definition) is 2. The molecule has 0 aliphatic carbocycles. The van der Waals surface area contributed by atoms with Crippen molar-refractivity contribution in [2.24, 2.45) is 5.73 Å². The molecule has 41 heavy (non-hydrogen) atoms. The number of aryl methyl sites for hydroxylation is 2. The Kier molecular flexibility index (Phi) is 9.67. The van der Waals surface area contributed by atoms with Gasteiger partial charge in [-0.2, -0.15) is 0 Å². The number of rotatable bonds is 7. The van der Waals surface area contributed by atoms with E-state index in [0.29, 0.717) is 40.6 Å². The average Bonchev–Trinajstić information content (AvgIpc) is 3.24. The number of benzene rings is 2. The van der Waals surface area contributed by atoms with Gasteiger partial charge in [0.05, 0.1) is 23.7 Å². The van der Waals surface area contributed by atoms with E-state index in [1.54, 1.807) is 39.0 Å². The number of nitrogens with two attached hydrogens (primary N) is 1. The maximum Gasteiger partial charge on any atom is 0.337 e. The van der Waals surface area contributed by atoms with Crippen LogP contribution in [0.15, 0.2) is 47.4 Å². The lowest BCUT2D eigenvalue weighted by atomic mass is 10.1. The summed E-state index contributed by atoms with van der Waals surface area (Å²) >= 11 is 0. The van der Waals surface area contributed by atoms with E-state index in [4.69, 9.17) is 30.1 Å². The fraction of sp³-hybridized carbons (Fsp3) is 0.367. The molecule has 2 aromatic carbocycles. The molecule has 3 N–H and O–H groups in total. The fourth-order valence-electron chi connectivity index (χ4n) is 4.37. The van der Waals surface area contributed by atoms with Crippen molar-refractivity contribution in [2.75, 3.05) is 13.7 Å². The smallest absolute Gasteiger partial charge is 0.337 e. The number of ether oxygens (including phenoxy) is 2. The van der Waals surface area contributed by atoms with Crippen LogP contribution >= 0.6 is 0 Å². The molecule has 0 amide bonds. The highest BCUT2D eigenvalue weighted by atomic mass is 16.6. The van der Waals surface area contributed by atoms with Gasteiger partial charge in [0.1, 0.15) is 17.8 Å². The first-order chi connectivity index (χ1) is 19.2. The van der Waals surface area contributed by atoms with Crippen molar-refractivity contribution in [3.05, 3.63) is 64.1 Å². The van der Waals surface area contributed by atoms with Gasteiger partial charge in [0, 0.05) is 36.1 Å². The number of methoxy groups -OCH3 is 1. The summed E-state index contributed by atoms with van der Waals surface area (Å²) in [6.45, 7) is 9.23. The van der Waals surface area contributed by atoms with Crippen LogP contribution in [0, 0.1) is 6.92 Å². The number of aromatic nitrogens is 3. The number of esters is 2. The number of hydrogen-bond acceptors (Lipinski definition) is 8. The highest BCUT2D eigenvalue weighted by Gasteiger charge is 2.22. The van der Waals surface area contributed by atoms with E-state index >= 15 is 0 Å². The van der Waals surface area contributed by atoms with Crippen molar-refractivity contribution >= 4 is 39.8 Å². The Balaban J connectivity index is 0.00000108. The van der Waals surface area contributed by atoms with Gasteiger partial charge in [-0.15, -0.1) is 0 Å². The molecule has 0 saturated heterocycles. The molecule has 0 fully saturated rings. The molecule has 0 atom stereocenters. The Morgan fingerprint density at radius 2 is 1.73 bits per heavy atom. The van der Waals surface area contributed by atoms with Crippen LogP contribution in [0.1, 0.15) is 50.0 Å². The summed E-state index contributed by atoms with van der Waals surface area (Å²) in [7, 11) is 1.32. The Hall–Kier alpha value is -4.51. The Bertz CT molecular complexity index is 1660. The highest BCUT2D eigenvalue weighted by molar-refractivity contribution is 6.01. The quantitative estimate of drug-likeness (QED) is 0.318. The molecule has 2 heterocycles. The van der Waals surface area contributed by atoms with E-state index in [9.17, 15) is 14.4 Å². The minimum absolute atomic E-state index is 0.181. The monoisotopic (exact) mass is 564 g/mol. The third-order valence-electron chi connectivity index (χ3n) is 5.97. The SMILES string of the molecule is CC(=O)O.COC(=O)c1ccc2c(c1)c(-c1nc3cc(C)ccc3n(CC(=O)OC(C)(C)C)c1=O)cn2CCCN. The summed E-state index contributed by atoms with van der Waals surface area (Å²) in [6.07, 6.45) is 2.58. The summed E-state index contributed by atoms with van der Waals surface area (Å²) in [6, 6.07) is 10.7. The van der Waals surface area contributed by atoms with E-state index in [1.165, 1.54) is 11.7 Å². The van der Waals surface area contributed by atoms with Crippen LogP contribution in [0.3, 0.4) is 0 Å². The Labute approximate surface area is 237 Å². The first-order valence-electron chi connectivity index (χ1n) is 13.1. The summed E-state index contributed by atoms with van der Waals surface area (Å²) in [5.74, 6) is -1.83. The largest absolute Gasteiger partial charge is 0.481 e. The number of fused-ring (bicyclic) bond motifs is 2. The van der Waals surface area contributed by atoms with E-state index in [2.05, 4.69) is 0 Å². The molecule has 0 aliphatic rings. The standard InChI is InChI=1S/C28H32N4O5.C2H4O2/c1-17-7-9-23-21(13-17)30-25(26(34)32(23)16-24(33)37-28(2,3)4)20-15-31(12-6-11-29)22-10-8-18(14-19(20)22)27(35)36-5;1-2(3)4/h7-10,13-15H,6,11-12,16,29H2,1-5H3;1H3,(H,3,4). The zero-order chi connectivity index (χ0) is 30.5. The van der Waals surface area contributed by atoms with E-state index < -0.39 is 29.1 Å². The van der Waals surface area contributed by atoms with Crippen molar-refractivity contribution in [3.63, 3.8) is 0 Å². The van der Waals surface area contributed by atoms with Gasteiger partial charge in [-0.1, -0.05) is 6.07 Å². The summed E-state index contributed by atoms with van der Waals surface area (Å²) in [4.78, 5) is 52.7. The number of carboxylic acids is 1. The summed E-state index contributed by atoms with van der Waals surface area (Å²) < 4.78 is 13.8. The molecule has 11 nitrogen and oxygen atoms in total. The second-order valence-corrected chi connectivity index (χ2v) is 10.6. The molecule has 11 heteroatoms. The van der Waals surface area contributed by atoms with Crippen molar-refractivity contribution < 1.29 is 29.0 Å². The second kappa shape index (κ2) is 12.8. The predicted molar refractivity (Wildman–Crippen MR) is 156 cm³/mol. The minimum atomic E-state index is -0.833. The van der Waals surface area contributed by atoms with Gasteiger partial charge in [-0.25, -0.2) is 9.78 Å². The maximum absolute atomic E-state index is 13.9. The Morgan fingerprint density at radius 3 is 2.34 bits per heavy atom.